The SMILES string of the molecule is Cc1cc(C#N)cnc1C(=O)Nc1ccc2c(c1)C(c1ccc(OC(C)C)nc1)=NC2. The lowest BCUT2D eigenvalue weighted by atomic mass is 10.0. The Balaban J connectivity index is 1.56. The first-order valence-corrected chi connectivity index (χ1v) is 9.93. The zero-order chi connectivity index (χ0) is 22.0. The van der Waals surface area contributed by atoms with Gasteiger partial charge in [-0.05, 0) is 56.2 Å². The molecule has 4 rings (SSSR count). The molecular formula is C24H21N5O2. The third-order valence-electron chi connectivity index (χ3n) is 4.82. The van der Waals surface area contributed by atoms with E-state index in [-0.39, 0.29) is 12.0 Å². The minimum atomic E-state index is -0.324. The van der Waals surface area contributed by atoms with Crippen LogP contribution in [-0.2, 0) is 6.54 Å². The van der Waals surface area contributed by atoms with Crippen molar-refractivity contribution in [2.24, 2.45) is 4.99 Å². The smallest absolute Gasteiger partial charge is 0.274 e. The summed E-state index contributed by atoms with van der Waals surface area (Å²) in [5.74, 6) is 0.249. The van der Waals surface area contributed by atoms with E-state index in [4.69, 9.17) is 10.00 Å². The van der Waals surface area contributed by atoms with Gasteiger partial charge >= 0.3 is 0 Å². The zero-order valence-electron chi connectivity index (χ0n) is 17.5. The van der Waals surface area contributed by atoms with Crippen molar-refractivity contribution in [2.75, 3.05) is 5.32 Å². The van der Waals surface area contributed by atoms with Gasteiger partial charge in [-0.3, -0.25) is 9.79 Å². The Bertz CT molecular complexity index is 1220. The van der Waals surface area contributed by atoms with Crippen LogP contribution < -0.4 is 10.1 Å². The predicted molar refractivity (Wildman–Crippen MR) is 117 cm³/mol. The van der Waals surface area contributed by atoms with Gasteiger partial charge in [0.2, 0.25) is 5.88 Å². The average Bonchev–Trinajstić information content (AvgIpc) is 3.17. The summed E-state index contributed by atoms with van der Waals surface area (Å²) in [5, 5.41) is 11.9. The van der Waals surface area contributed by atoms with Crippen molar-refractivity contribution in [1.29, 1.82) is 5.26 Å². The van der Waals surface area contributed by atoms with E-state index in [9.17, 15) is 4.79 Å². The molecule has 31 heavy (non-hydrogen) atoms. The quantitative estimate of drug-likeness (QED) is 0.683. The molecule has 0 unspecified atom stereocenters. The molecule has 1 aromatic carbocycles. The summed E-state index contributed by atoms with van der Waals surface area (Å²) in [7, 11) is 0. The third-order valence-corrected chi connectivity index (χ3v) is 4.82. The van der Waals surface area contributed by atoms with Crippen molar-refractivity contribution in [3.05, 3.63) is 82.3 Å². The minimum Gasteiger partial charge on any atom is -0.475 e. The average molecular weight is 411 g/mol. The number of rotatable bonds is 5. The summed E-state index contributed by atoms with van der Waals surface area (Å²) < 4.78 is 5.61. The number of nitrogens with one attached hydrogen (secondary N) is 1. The van der Waals surface area contributed by atoms with E-state index >= 15 is 0 Å². The standard InChI is InChI=1S/C24H21N5O2/c1-14(2)31-21-7-5-18(13-26-21)23-20-9-19(6-4-17(20)12-28-23)29-24(30)22-15(3)8-16(10-25)11-27-22/h4-9,11,13-14H,12H2,1-3H3,(H,29,30). The number of fused-ring (bicyclic) bond motifs is 1. The van der Waals surface area contributed by atoms with E-state index in [2.05, 4.69) is 20.3 Å². The van der Waals surface area contributed by atoms with Crippen molar-refractivity contribution in [3.63, 3.8) is 0 Å². The van der Waals surface area contributed by atoms with Gasteiger partial charge in [-0.25, -0.2) is 9.97 Å². The lowest BCUT2D eigenvalue weighted by Gasteiger charge is -2.11. The molecule has 1 N–H and O–H groups in total. The van der Waals surface area contributed by atoms with Crippen LogP contribution in [0.3, 0.4) is 0 Å². The molecule has 1 aliphatic heterocycles. The first-order valence-electron chi connectivity index (χ1n) is 9.93. The summed E-state index contributed by atoms with van der Waals surface area (Å²) in [5.41, 5.74) is 5.78. The van der Waals surface area contributed by atoms with Gasteiger partial charge in [0, 0.05) is 35.3 Å². The van der Waals surface area contributed by atoms with E-state index in [1.807, 2.05) is 50.2 Å². The highest BCUT2D eigenvalue weighted by Gasteiger charge is 2.20. The normalized spacial score (nSPS) is 12.2. The van der Waals surface area contributed by atoms with Crippen LogP contribution in [0.15, 0.2) is 53.8 Å². The fourth-order valence-corrected chi connectivity index (χ4v) is 3.40. The van der Waals surface area contributed by atoms with Gasteiger partial charge in [0.25, 0.3) is 5.91 Å². The van der Waals surface area contributed by atoms with Gasteiger partial charge in [-0.2, -0.15) is 5.26 Å². The molecule has 7 heteroatoms. The highest BCUT2D eigenvalue weighted by atomic mass is 16.5. The maximum atomic E-state index is 12.7. The number of pyridine rings is 2. The number of nitrogens with zero attached hydrogens (tertiary/aromatic N) is 4. The van der Waals surface area contributed by atoms with Crippen LogP contribution in [0.4, 0.5) is 5.69 Å². The molecule has 0 fully saturated rings. The molecule has 2 aromatic heterocycles. The van der Waals surface area contributed by atoms with Gasteiger partial charge in [0.1, 0.15) is 11.8 Å². The number of benzene rings is 1. The molecule has 3 heterocycles. The zero-order valence-corrected chi connectivity index (χ0v) is 17.5. The number of anilines is 1. The molecule has 3 aromatic rings. The second-order valence-electron chi connectivity index (χ2n) is 7.54. The van der Waals surface area contributed by atoms with Crippen molar-refractivity contribution in [2.45, 2.75) is 33.4 Å². The Labute approximate surface area is 180 Å². The van der Waals surface area contributed by atoms with Gasteiger partial charge in [-0.1, -0.05) is 6.07 Å². The fraction of sp³-hybridized carbons (Fsp3) is 0.208. The Hall–Kier alpha value is -4.05. The Morgan fingerprint density at radius 3 is 2.68 bits per heavy atom. The molecule has 0 saturated carbocycles. The maximum absolute atomic E-state index is 12.7. The first kappa shape index (κ1) is 20.2. The molecule has 0 aliphatic carbocycles. The molecule has 154 valence electrons. The molecule has 0 bridgehead atoms. The predicted octanol–water partition coefficient (Wildman–Crippen LogP) is 4.05. The first-order chi connectivity index (χ1) is 14.9. The van der Waals surface area contributed by atoms with E-state index < -0.39 is 0 Å². The number of carbonyl (C=O) groups excluding carboxylic acids is 1. The Kier molecular flexibility index (Phi) is 5.46. The number of ether oxygens (including phenoxy) is 1. The van der Waals surface area contributed by atoms with E-state index in [1.165, 1.54) is 6.20 Å². The third kappa shape index (κ3) is 4.28. The maximum Gasteiger partial charge on any atom is 0.274 e. The summed E-state index contributed by atoms with van der Waals surface area (Å²) in [6.45, 7) is 6.25. The molecule has 0 spiro atoms. The molecule has 1 amide bonds. The molecule has 7 nitrogen and oxygen atoms in total. The van der Waals surface area contributed by atoms with Gasteiger partial charge < -0.3 is 10.1 Å². The van der Waals surface area contributed by atoms with Crippen molar-refractivity contribution in [1.82, 2.24) is 9.97 Å². The Morgan fingerprint density at radius 2 is 2.00 bits per heavy atom. The van der Waals surface area contributed by atoms with E-state index in [1.54, 1.807) is 19.2 Å². The molecular weight excluding hydrogens is 390 g/mol. The Morgan fingerprint density at radius 1 is 1.16 bits per heavy atom. The minimum absolute atomic E-state index is 0.0586. The number of hydrogen-bond donors (Lipinski definition) is 1. The number of aromatic nitrogens is 2. The number of aliphatic imine (C=N–C) groups is 1. The van der Waals surface area contributed by atoms with E-state index in [0.29, 0.717) is 34.9 Å². The van der Waals surface area contributed by atoms with Crippen LogP contribution in [0, 0.1) is 18.3 Å². The lowest BCUT2D eigenvalue weighted by molar-refractivity contribution is 0.102. The second kappa shape index (κ2) is 8.36. The van der Waals surface area contributed by atoms with Crippen LogP contribution in [0.1, 0.15) is 52.2 Å². The summed E-state index contributed by atoms with van der Waals surface area (Å²) in [6, 6.07) is 13.2. The summed E-state index contributed by atoms with van der Waals surface area (Å²) >= 11 is 0. The van der Waals surface area contributed by atoms with Crippen molar-refractivity contribution in [3.8, 4) is 11.9 Å². The van der Waals surface area contributed by atoms with Crippen molar-refractivity contribution >= 4 is 17.3 Å². The number of aryl methyl sites for hydroxylation is 1. The van der Waals surface area contributed by atoms with Gasteiger partial charge in [-0.15, -0.1) is 0 Å². The number of amides is 1. The summed E-state index contributed by atoms with van der Waals surface area (Å²) in [4.78, 5) is 25.9. The number of nitriles is 1. The largest absolute Gasteiger partial charge is 0.475 e. The highest BCUT2D eigenvalue weighted by Crippen LogP contribution is 2.27. The van der Waals surface area contributed by atoms with Crippen LogP contribution in [0.5, 0.6) is 5.88 Å². The van der Waals surface area contributed by atoms with Crippen LogP contribution in [0.25, 0.3) is 0 Å². The van der Waals surface area contributed by atoms with Crippen LogP contribution in [-0.4, -0.2) is 27.7 Å². The second-order valence-corrected chi connectivity index (χ2v) is 7.54. The topological polar surface area (TPSA) is 100 Å². The highest BCUT2D eigenvalue weighted by molar-refractivity contribution is 6.16. The van der Waals surface area contributed by atoms with Crippen LogP contribution in [0.2, 0.25) is 0 Å². The van der Waals surface area contributed by atoms with Gasteiger partial charge in [0.05, 0.1) is 23.9 Å². The molecule has 0 saturated heterocycles. The molecule has 0 radical (unpaired) electrons. The molecule has 0 atom stereocenters. The van der Waals surface area contributed by atoms with Crippen LogP contribution >= 0.6 is 0 Å². The number of hydrogen-bond acceptors (Lipinski definition) is 6. The van der Waals surface area contributed by atoms with E-state index in [0.717, 1.165) is 22.4 Å². The lowest BCUT2D eigenvalue weighted by Crippen LogP contribution is -2.16. The summed E-state index contributed by atoms with van der Waals surface area (Å²) in [6.07, 6.45) is 3.21. The monoisotopic (exact) mass is 411 g/mol. The molecule has 1 aliphatic rings. The van der Waals surface area contributed by atoms with Crippen molar-refractivity contribution < 1.29 is 9.53 Å². The fourth-order valence-electron chi connectivity index (χ4n) is 3.40. The number of carbonyl (C=O) groups is 1. The van der Waals surface area contributed by atoms with Gasteiger partial charge in [0.15, 0.2) is 0 Å².